The van der Waals surface area contributed by atoms with Crippen molar-refractivity contribution in [3.05, 3.63) is 46.5 Å². The summed E-state index contributed by atoms with van der Waals surface area (Å²) in [5.41, 5.74) is 6.53. The molecule has 1 fully saturated rings. The lowest BCUT2D eigenvalue weighted by molar-refractivity contribution is 0.275. The minimum Gasteiger partial charge on any atom is -0.297 e. The van der Waals surface area contributed by atoms with E-state index in [0.29, 0.717) is 0 Å². The zero-order valence-electron chi connectivity index (χ0n) is 12.6. The second-order valence-electron chi connectivity index (χ2n) is 6.39. The molecule has 0 saturated heterocycles. The minimum atomic E-state index is 0.745. The number of aromatic amines is 1. The van der Waals surface area contributed by atoms with Gasteiger partial charge in [-0.3, -0.25) is 15.0 Å². The lowest BCUT2D eigenvalue weighted by Gasteiger charge is -2.19. The Kier molecular flexibility index (Phi) is 3.26. The molecule has 21 heavy (non-hydrogen) atoms. The fourth-order valence-corrected chi connectivity index (χ4v) is 3.32. The Morgan fingerprint density at radius 1 is 1.24 bits per heavy atom. The number of aryl methyl sites for hydroxylation is 1. The standard InChI is InChI=1S/C17H22N4/c1-12-3-2-4-14(18-12)11-21-9-7-15-16(8-10-21)19-20-17(15)13-5-6-13/h2-4,13H,5-11H2,1H3,(H,19,20). The highest BCUT2D eigenvalue weighted by Gasteiger charge is 2.31. The summed E-state index contributed by atoms with van der Waals surface area (Å²) in [5.74, 6) is 0.745. The highest BCUT2D eigenvalue weighted by molar-refractivity contribution is 5.32. The van der Waals surface area contributed by atoms with Gasteiger partial charge >= 0.3 is 0 Å². The van der Waals surface area contributed by atoms with Crippen LogP contribution in [0.5, 0.6) is 0 Å². The molecule has 1 saturated carbocycles. The molecule has 4 rings (SSSR count). The molecule has 0 unspecified atom stereocenters. The number of nitrogens with zero attached hydrogens (tertiary/aromatic N) is 3. The lowest BCUT2D eigenvalue weighted by atomic mass is 10.1. The lowest BCUT2D eigenvalue weighted by Crippen LogP contribution is -2.26. The molecular formula is C17H22N4. The highest BCUT2D eigenvalue weighted by atomic mass is 15.2. The summed E-state index contributed by atoms with van der Waals surface area (Å²) in [6.45, 7) is 5.22. The largest absolute Gasteiger partial charge is 0.297 e. The number of fused-ring (bicyclic) bond motifs is 1. The van der Waals surface area contributed by atoms with Crippen LogP contribution in [0.4, 0.5) is 0 Å². The first kappa shape index (κ1) is 13.0. The summed E-state index contributed by atoms with van der Waals surface area (Å²) in [4.78, 5) is 7.15. The van der Waals surface area contributed by atoms with Gasteiger partial charge < -0.3 is 0 Å². The highest BCUT2D eigenvalue weighted by Crippen LogP contribution is 2.41. The fraction of sp³-hybridized carbons (Fsp3) is 0.529. The van der Waals surface area contributed by atoms with Crippen molar-refractivity contribution in [2.24, 2.45) is 0 Å². The number of rotatable bonds is 3. The SMILES string of the molecule is Cc1cccc(CN2CCc3[nH]nc(C4CC4)c3CC2)n1. The van der Waals surface area contributed by atoms with Crippen molar-refractivity contribution in [1.82, 2.24) is 20.1 Å². The normalized spacial score (nSPS) is 19.3. The van der Waals surface area contributed by atoms with Crippen molar-refractivity contribution < 1.29 is 0 Å². The summed E-state index contributed by atoms with van der Waals surface area (Å²) in [6, 6.07) is 6.30. The predicted octanol–water partition coefficient (Wildman–Crippen LogP) is 2.59. The average Bonchev–Trinajstić information content (AvgIpc) is 3.26. The molecule has 1 N–H and O–H groups in total. The van der Waals surface area contributed by atoms with Crippen LogP contribution in [0.15, 0.2) is 18.2 Å². The van der Waals surface area contributed by atoms with Gasteiger partial charge in [0, 0.05) is 43.4 Å². The Bertz CT molecular complexity index is 642. The van der Waals surface area contributed by atoms with Gasteiger partial charge in [-0.2, -0.15) is 5.10 Å². The predicted molar refractivity (Wildman–Crippen MR) is 82.2 cm³/mol. The summed E-state index contributed by atoms with van der Waals surface area (Å²) in [6.07, 6.45) is 4.87. The maximum absolute atomic E-state index is 4.63. The van der Waals surface area contributed by atoms with Crippen molar-refractivity contribution >= 4 is 0 Å². The quantitative estimate of drug-likeness (QED) is 0.941. The van der Waals surface area contributed by atoms with E-state index in [0.717, 1.165) is 44.1 Å². The van der Waals surface area contributed by atoms with Crippen molar-refractivity contribution in [3.8, 4) is 0 Å². The number of nitrogens with one attached hydrogen (secondary N) is 1. The molecule has 2 aromatic rings. The van der Waals surface area contributed by atoms with E-state index in [1.54, 1.807) is 0 Å². The number of hydrogen-bond acceptors (Lipinski definition) is 3. The average molecular weight is 282 g/mol. The third-order valence-electron chi connectivity index (χ3n) is 4.64. The zero-order valence-corrected chi connectivity index (χ0v) is 12.6. The minimum absolute atomic E-state index is 0.745. The van der Waals surface area contributed by atoms with Gasteiger partial charge in [0.05, 0.1) is 11.4 Å². The maximum atomic E-state index is 4.63. The first-order valence-electron chi connectivity index (χ1n) is 8.00. The van der Waals surface area contributed by atoms with E-state index in [1.165, 1.54) is 35.5 Å². The van der Waals surface area contributed by atoms with Crippen LogP contribution in [0.25, 0.3) is 0 Å². The van der Waals surface area contributed by atoms with Gasteiger partial charge in [0.1, 0.15) is 0 Å². The van der Waals surface area contributed by atoms with Crippen LogP contribution in [0, 0.1) is 6.92 Å². The van der Waals surface area contributed by atoms with E-state index < -0.39 is 0 Å². The van der Waals surface area contributed by atoms with Gasteiger partial charge in [-0.1, -0.05) is 6.07 Å². The summed E-state index contributed by atoms with van der Waals surface area (Å²) < 4.78 is 0. The van der Waals surface area contributed by atoms with E-state index >= 15 is 0 Å². The monoisotopic (exact) mass is 282 g/mol. The van der Waals surface area contributed by atoms with Gasteiger partial charge in [0.2, 0.25) is 0 Å². The second kappa shape index (κ2) is 5.26. The van der Waals surface area contributed by atoms with Gasteiger partial charge in [-0.05, 0) is 43.9 Å². The molecule has 2 aliphatic rings. The molecule has 0 radical (unpaired) electrons. The number of H-pyrrole nitrogens is 1. The molecule has 1 aliphatic heterocycles. The molecule has 110 valence electrons. The third-order valence-corrected chi connectivity index (χ3v) is 4.64. The molecule has 4 heteroatoms. The molecule has 0 spiro atoms. The van der Waals surface area contributed by atoms with Gasteiger partial charge in [-0.25, -0.2) is 0 Å². The molecule has 3 heterocycles. The van der Waals surface area contributed by atoms with Crippen LogP contribution >= 0.6 is 0 Å². The summed E-state index contributed by atoms with van der Waals surface area (Å²) in [7, 11) is 0. The van der Waals surface area contributed by atoms with Crippen molar-refractivity contribution in [2.75, 3.05) is 13.1 Å². The van der Waals surface area contributed by atoms with E-state index in [2.05, 4.69) is 45.2 Å². The van der Waals surface area contributed by atoms with Crippen LogP contribution in [-0.4, -0.2) is 33.2 Å². The third kappa shape index (κ3) is 2.72. The van der Waals surface area contributed by atoms with Crippen LogP contribution < -0.4 is 0 Å². The molecular weight excluding hydrogens is 260 g/mol. The van der Waals surface area contributed by atoms with Crippen molar-refractivity contribution in [1.29, 1.82) is 0 Å². The fourth-order valence-electron chi connectivity index (χ4n) is 3.32. The van der Waals surface area contributed by atoms with E-state index in [-0.39, 0.29) is 0 Å². The first-order valence-corrected chi connectivity index (χ1v) is 8.00. The second-order valence-corrected chi connectivity index (χ2v) is 6.39. The maximum Gasteiger partial charge on any atom is 0.0688 e. The van der Waals surface area contributed by atoms with Gasteiger partial charge in [-0.15, -0.1) is 0 Å². The van der Waals surface area contributed by atoms with Crippen LogP contribution in [0.3, 0.4) is 0 Å². The van der Waals surface area contributed by atoms with Gasteiger partial charge in [0.25, 0.3) is 0 Å². The number of pyridine rings is 1. The molecule has 4 nitrogen and oxygen atoms in total. The Labute approximate surface area is 125 Å². The molecule has 1 aliphatic carbocycles. The van der Waals surface area contributed by atoms with E-state index in [1.807, 2.05) is 0 Å². The smallest absolute Gasteiger partial charge is 0.0688 e. The van der Waals surface area contributed by atoms with Crippen LogP contribution in [-0.2, 0) is 19.4 Å². The molecule has 0 bridgehead atoms. The van der Waals surface area contributed by atoms with Crippen molar-refractivity contribution in [3.63, 3.8) is 0 Å². The molecule has 0 amide bonds. The summed E-state index contributed by atoms with van der Waals surface area (Å²) in [5, 5.41) is 7.86. The Morgan fingerprint density at radius 3 is 2.90 bits per heavy atom. The Hall–Kier alpha value is -1.68. The first-order chi connectivity index (χ1) is 10.3. The number of aromatic nitrogens is 3. The van der Waals surface area contributed by atoms with E-state index in [4.69, 9.17) is 0 Å². The molecule has 0 aromatic carbocycles. The van der Waals surface area contributed by atoms with E-state index in [9.17, 15) is 0 Å². The van der Waals surface area contributed by atoms with Crippen LogP contribution in [0.1, 0.15) is 47.1 Å². The zero-order chi connectivity index (χ0) is 14.2. The Morgan fingerprint density at radius 2 is 2.10 bits per heavy atom. The topological polar surface area (TPSA) is 44.8 Å². The number of hydrogen-bond donors (Lipinski definition) is 1. The van der Waals surface area contributed by atoms with Crippen molar-refractivity contribution in [2.45, 2.75) is 45.1 Å². The molecule has 2 aromatic heterocycles. The summed E-state index contributed by atoms with van der Waals surface area (Å²) >= 11 is 0. The molecule has 0 atom stereocenters. The Balaban J connectivity index is 1.46. The van der Waals surface area contributed by atoms with Crippen LogP contribution in [0.2, 0.25) is 0 Å². The van der Waals surface area contributed by atoms with Gasteiger partial charge in [0.15, 0.2) is 0 Å².